The predicted molar refractivity (Wildman–Crippen MR) is 158 cm³/mol. The minimum absolute atomic E-state index is 0.0773. The molecule has 0 saturated carbocycles. The Labute approximate surface area is 238 Å². The van der Waals surface area contributed by atoms with E-state index in [-0.39, 0.29) is 12.1 Å². The highest BCUT2D eigenvalue weighted by atomic mass is 16.6. The maximum Gasteiger partial charge on any atom is 0.410 e. The number of hydrogen-bond donors (Lipinski definition) is 0. The van der Waals surface area contributed by atoms with Crippen LogP contribution in [0.3, 0.4) is 0 Å². The number of fused-ring (bicyclic) bond motifs is 1. The summed E-state index contributed by atoms with van der Waals surface area (Å²) < 4.78 is 5.66. The molecule has 3 aliphatic rings. The van der Waals surface area contributed by atoms with Crippen molar-refractivity contribution >= 4 is 17.7 Å². The normalized spacial score (nSPS) is 20.7. The maximum atomic E-state index is 12.8. The van der Waals surface area contributed by atoms with Crippen LogP contribution in [0.4, 0.5) is 16.4 Å². The van der Waals surface area contributed by atoms with Crippen LogP contribution in [-0.2, 0) is 24.2 Å². The van der Waals surface area contributed by atoms with Gasteiger partial charge in [0, 0.05) is 77.1 Å². The van der Waals surface area contributed by atoms with Crippen molar-refractivity contribution in [3.05, 3.63) is 52.6 Å². The fourth-order valence-corrected chi connectivity index (χ4v) is 6.00. The van der Waals surface area contributed by atoms with E-state index in [9.17, 15) is 10.1 Å². The highest BCUT2D eigenvalue weighted by Gasteiger charge is 2.35. The highest BCUT2D eigenvalue weighted by Crippen LogP contribution is 2.37. The highest BCUT2D eigenvalue weighted by molar-refractivity contribution is 5.70. The van der Waals surface area contributed by atoms with Crippen molar-refractivity contribution < 1.29 is 9.53 Å². The molecule has 1 aromatic carbocycles. The van der Waals surface area contributed by atoms with Gasteiger partial charge in [-0.15, -0.1) is 0 Å². The monoisotopic (exact) mass is 545 g/mol. The van der Waals surface area contributed by atoms with Gasteiger partial charge in [0.1, 0.15) is 23.3 Å². The summed E-state index contributed by atoms with van der Waals surface area (Å²) in [5, 5.41) is 10.5. The van der Waals surface area contributed by atoms with Gasteiger partial charge in [0.2, 0.25) is 0 Å². The first-order valence-corrected chi connectivity index (χ1v) is 14.5. The Bertz CT molecular complexity index is 1250. The van der Waals surface area contributed by atoms with Crippen LogP contribution < -0.4 is 9.80 Å². The van der Waals surface area contributed by atoms with Crippen molar-refractivity contribution in [3.63, 3.8) is 0 Å². The maximum absolute atomic E-state index is 12.8. The Balaban J connectivity index is 1.47. The van der Waals surface area contributed by atoms with E-state index < -0.39 is 5.60 Å². The molecular weight excluding hydrogens is 502 g/mol. The van der Waals surface area contributed by atoms with Crippen LogP contribution in [0.5, 0.6) is 0 Å². The summed E-state index contributed by atoms with van der Waals surface area (Å²) in [6.45, 7) is 15.8. The molecule has 0 aliphatic carbocycles. The number of carbonyl (C=O) groups excluding carboxylic acids is 1. The number of ether oxygens (including phenoxy) is 1. The van der Waals surface area contributed by atoms with Crippen molar-refractivity contribution in [2.45, 2.75) is 58.8 Å². The minimum Gasteiger partial charge on any atom is -0.444 e. The van der Waals surface area contributed by atoms with Crippen molar-refractivity contribution in [3.8, 4) is 6.07 Å². The summed E-state index contributed by atoms with van der Waals surface area (Å²) in [4.78, 5) is 29.3. The van der Waals surface area contributed by atoms with Crippen LogP contribution in [0, 0.1) is 11.3 Å². The number of amides is 1. The number of pyridine rings is 1. The largest absolute Gasteiger partial charge is 0.444 e. The number of carbonyl (C=O) groups is 1. The summed E-state index contributed by atoms with van der Waals surface area (Å²) in [7, 11) is 2.14. The van der Waals surface area contributed by atoms with Gasteiger partial charge in [0.05, 0.1) is 5.56 Å². The zero-order valence-electron chi connectivity index (χ0n) is 24.7. The van der Waals surface area contributed by atoms with Gasteiger partial charge in [-0.1, -0.05) is 30.3 Å². The second-order valence-corrected chi connectivity index (χ2v) is 12.4. The molecule has 3 aliphatic heterocycles. The van der Waals surface area contributed by atoms with Crippen molar-refractivity contribution in [1.29, 1.82) is 5.26 Å². The zero-order chi connectivity index (χ0) is 28.4. The number of aromatic nitrogens is 1. The minimum atomic E-state index is -0.520. The van der Waals surface area contributed by atoms with Gasteiger partial charge in [0.25, 0.3) is 0 Å². The third-order valence-electron chi connectivity index (χ3n) is 8.15. The Morgan fingerprint density at radius 3 is 2.40 bits per heavy atom. The Morgan fingerprint density at radius 2 is 1.75 bits per heavy atom. The third-order valence-corrected chi connectivity index (χ3v) is 8.15. The van der Waals surface area contributed by atoms with Gasteiger partial charge in [0.15, 0.2) is 0 Å². The van der Waals surface area contributed by atoms with Crippen LogP contribution in [0.1, 0.15) is 49.9 Å². The molecular formula is C31H43N7O2. The Kier molecular flexibility index (Phi) is 8.20. The van der Waals surface area contributed by atoms with Crippen LogP contribution in [0.2, 0.25) is 0 Å². The number of nitrogens with zero attached hydrogens (tertiary/aromatic N) is 7. The zero-order valence-corrected chi connectivity index (χ0v) is 24.7. The number of likely N-dealkylation sites (N-methyl/N-ethyl adjacent to an activating group) is 1. The Morgan fingerprint density at radius 1 is 1.02 bits per heavy atom. The van der Waals surface area contributed by atoms with E-state index >= 15 is 0 Å². The standard InChI is InChI=1S/C31H43N7O2/c1-23-20-37(30(39)40-31(2,3)4)17-18-38(23)29-25-11-12-35(21-24-9-7-6-8-10-24)22-27(25)26(19-32)28(33-29)36-15-13-34(5)14-16-36/h6-10,23H,11-18,20-22H2,1-5H3/t23-/m1/s1. The molecule has 0 bridgehead atoms. The van der Waals surface area contributed by atoms with E-state index in [2.05, 4.69) is 63.9 Å². The lowest BCUT2D eigenvalue weighted by molar-refractivity contribution is 0.0218. The lowest BCUT2D eigenvalue weighted by Gasteiger charge is -2.43. The van der Waals surface area contributed by atoms with Gasteiger partial charge in [-0.25, -0.2) is 9.78 Å². The van der Waals surface area contributed by atoms with E-state index in [1.54, 1.807) is 0 Å². The molecule has 214 valence electrons. The quantitative estimate of drug-likeness (QED) is 0.576. The summed E-state index contributed by atoms with van der Waals surface area (Å²) in [6, 6.07) is 13.2. The molecule has 2 aromatic rings. The molecule has 9 nitrogen and oxygen atoms in total. The second-order valence-electron chi connectivity index (χ2n) is 12.4. The lowest BCUT2D eigenvalue weighted by Crippen LogP contribution is -2.55. The molecule has 1 amide bonds. The van der Waals surface area contributed by atoms with Crippen molar-refractivity contribution in [2.75, 3.05) is 69.2 Å². The molecule has 4 heterocycles. The molecule has 1 atom stereocenters. The first-order valence-electron chi connectivity index (χ1n) is 14.5. The average Bonchev–Trinajstić information content (AvgIpc) is 2.92. The molecule has 2 fully saturated rings. The van der Waals surface area contributed by atoms with E-state index in [1.165, 1.54) is 11.1 Å². The second kappa shape index (κ2) is 11.6. The van der Waals surface area contributed by atoms with E-state index in [1.807, 2.05) is 31.7 Å². The lowest BCUT2D eigenvalue weighted by atomic mass is 9.94. The van der Waals surface area contributed by atoms with E-state index in [4.69, 9.17) is 9.72 Å². The molecule has 2 saturated heterocycles. The van der Waals surface area contributed by atoms with Crippen LogP contribution in [0.15, 0.2) is 30.3 Å². The van der Waals surface area contributed by atoms with Gasteiger partial charge < -0.3 is 24.3 Å². The molecule has 0 unspecified atom stereocenters. The Hall–Kier alpha value is -3.35. The summed E-state index contributed by atoms with van der Waals surface area (Å²) >= 11 is 0. The molecule has 40 heavy (non-hydrogen) atoms. The summed E-state index contributed by atoms with van der Waals surface area (Å²) in [5.41, 5.74) is 3.79. The van der Waals surface area contributed by atoms with Crippen LogP contribution >= 0.6 is 0 Å². The number of benzene rings is 1. The first kappa shape index (κ1) is 28.2. The van der Waals surface area contributed by atoms with Gasteiger partial charge in [-0.3, -0.25) is 4.90 Å². The van der Waals surface area contributed by atoms with Gasteiger partial charge in [-0.05, 0) is 52.3 Å². The van der Waals surface area contributed by atoms with E-state index in [0.29, 0.717) is 19.6 Å². The topological polar surface area (TPSA) is 79.2 Å². The third kappa shape index (κ3) is 6.18. The number of nitriles is 1. The number of piperazine rings is 2. The molecule has 0 N–H and O–H groups in total. The van der Waals surface area contributed by atoms with Crippen LogP contribution in [-0.4, -0.2) is 96.8 Å². The van der Waals surface area contributed by atoms with E-state index in [0.717, 1.165) is 75.0 Å². The van der Waals surface area contributed by atoms with Crippen LogP contribution in [0.25, 0.3) is 0 Å². The predicted octanol–water partition coefficient (Wildman–Crippen LogP) is 3.71. The van der Waals surface area contributed by atoms with Gasteiger partial charge >= 0.3 is 6.09 Å². The summed E-state index contributed by atoms with van der Waals surface area (Å²) in [6.07, 6.45) is 0.588. The number of hydrogen-bond acceptors (Lipinski definition) is 8. The number of rotatable bonds is 4. The van der Waals surface area contributed by atoms with Gasteiger partial charge in [-0.2, -0.15) is 5.26 Å². The number of anilines is 2. The van der Waals surface area contributed by atoms with Crippen molar-refractivity contribution in [2.24, 2.45) is 0 Å². The smallest absolute Gasteiger partial charge is 0.410 e. The molecule has 1 aromatic heterocycles. The fraction of sp³-hybridized carbons (Fsp3) is 0.581. The average molecular weight is 546 g/mol. The molecule has 0 spiro atoms. The molecule has 0 radical (unpaired) electrons. The molecule has 5 rings (SSSR count). The SMILES string of the molecule is C[C@@H]1CN(C(=O)OC(C)(C)C)CCN1c1nc(N2CCN(C)CC2)c(C#N)c2c1CCN(Cc1ccccc1)C2. The molecule has 9 heteroatoms. The first-order chi connectivity index (χ1) is 19.1. The fourth-order valence-electron chi connectivity index (χ4n) is 6.00. The summed E-state index contributed by atoms with van der Waals surface area (Å²) in [5.74, 6) is 1.80. The van der Waals surface area contributed by atoms with Crippen molar-refractivity contribution in [1.82, 2.24) is 19.7 Å².